The number of rotatable bonds is 4. The van der Waals surface area contributed by atoms with Crippen molar-refractivity contribution in [3.8, 4) is 6.07 Å². The van der Waals surface area contributed by atoms with E-state index in [1.807, 2.05) is 26.8 Å². The van der Waals surface area contributed by atoms with E-state index in [-0.39, 0.29) is 28.7 Å². The van der Waals surface area contributed by atoms with Gasteiger partial charge in [-0.1, -0.05) is 33.8 Å². The first-order valence-electron chi connectivity index (χ1n) is 9.44. The molecule has 0 radical (unpaired) electrons. The third kappa shape index (κ3) is 5.02. The fourth-order valence-electron chi connectivity index (χ4n) is 3.26. The average Bonchev–Trinajstić information content (AvgIpc) is 2.63. The third-order valence-corrected chi connectivity index (χ3v) is 4.61. The standard InChI is InChI=1S/C22H24F4N2O2/c1-6-17-19(20(29)30-11-21(3,4)5)18(15(10-27)12(2)28-17)14-8-7-13(23)9-16(14)22(24,25)26/h7-9,18,28H,6,11H2,1-5H3. The SMILES string of the molecule is CCC1=C(C(=O)OCC(C)(C)C)C(c2ccc(F)cc2C(F)(F)F)C(C#N)=C(C)N1. The van der Waals surface area contributed by atoms with Gasteiger partial charge in [-0.15, -0.1) is 0 Å². The molecule has 1 heterocycles. The molecule has 1 aliphatic rings. The van der Waals surface area contributed by atoms with Crippen LogP contribution in [0.3, 0.4) is 0 Å². The van der Waals surface area contributed by atoms with Gasteiger partial charge in [-0.25, -0.2) is 9.18 Å². The van der Waals surface area contributed by atoms with Crippen LogP contribution in [0.15, 0.2) is 40.7 Å². The van der Waals surface area contributed by atoms with Crippen molar-refractivity contribution in [2.24, 2.45) is 5.41 Å². The van der Waals surface area contributed by atoms with Crippen molar-refractivity contribution in [1.82, 2.24) is 5.32 Å². The van der Waals surface area contributed by atoms with Crippen LogP contribution in [0.5, 0.6) is 0 Å². The average molecular weight is 424 g/mol. The Labute approximate surface area is 173 Å². The molecule has 0 saturated heterocycles. The van der Waals surface area contributed by atoms with E-state index in [4.69, 9.17) is 4.74 Å². The summed E-state index contributed by atoms with van der Waals surface area (Å²) in [5.74, 6) is -3.19. The fraction of sp³-hybridized carbons (Fsp3) is 0.455. The van der Waals surface area contributed by atoms with Gasteiger partial charge in [0.25, 0.3) is 0 Å². The summed E-state index contributed by atoms with van der Waals surface area (Å²) >= 11 is 0. The minimum absolute atomic E-state index is 0.0408. The summed E-state index contributed by atoms with van der Waals surface area (Å²) in [7, 11) is 0. The predicted octanol–water partition coefficient (Wildman–Crippen LogP) is 5.58. The summed E-state index contributed by atoms with van der Waals surface area (Å²) in [5.41, 5.74) is -1.37. The number of ether oxygens (including phenoxy) is 1. The largest absolute Gasteiger partial charge is 0.462 e. The number of hydrogen-bond donors (Lipinski definition) is 1. The van der Waals surface area contributed by atoms with Crippen molar-refractivity contribution >= 4 is 5.97 Å². The number of nitrogens with one attached hydrogen (secondary N) is 1. The maximum Gasteiger partial charge on any atom is 0.416 e. The molecular weight excluding hydrogens is 400 g/mol. The molecule has 8 heteroatoms. The maximum atomic E-state index is 13.7. The molecule has 4 nitrogen and oxygen atoms in total. The molecule has 1 aromatic carbocycles. The predicted molar refractivity (Wildman–Crippen MR) is 103 cm³/mol. The molecule has 1 N–H and O–H groups in total. The van der Waals surface area contributed by atoms with E-state index in [9.17, 15) is 27.6 Å². The molecule has 0 amide bonds. The van der Waals surface area contributed by atoms with Crippen LogP contribution in [0.2, 0.25) is 0 Å². The molecule has 162 valence electrons. The van der Waals surface area contributed by atoms with Crippen LogP contribution in [-0.4, -0.2) is 12.6 Å². The highest BCUT2D eigenvalue weighted by Gasteiger charge is 2.42. The Morgan fingerprint density at radius 3 is 2.40 bits per heavy atom. The lowest BCUT2D eigenvalue weighted by Gasteiger charge is -2.31. The second-order valence-corrected chi connectivity index (χ2v) is 8.32. The highest BCUT2D eigenvalue weighted by molar-refractivity contribution is 5.93. The normalized spacial score (nSPS) is 17.5. The van der Waals surface area contributed by atoms with E-state index >= 15 is 0 Å². The number of alkyl halides is 3. The quantitative estimate of drug-likeness (QED) is 0.506. The molecule has 2 rings (SSSR count). The molecule has 0 bridgehead atoms. The zero-order valence-corrected chi connectivity index (χ0v) is 17.5. The second kappa shape index (κ2) is 8.50. The number of hydrogen-bond acceptors (Lipinski definition) is 4. The lowest BCUT2D eigenvalue weighted by molar-refractivity contribution is -0.143. The summed E-state index contributed by atoms with van der Waals surface area (Å²) < 4.78 is 60.2. The summed E-state index contributed by atoms with van der Waals surface area (Å²) in [6.45, 7) is 8.86. The fourth-order valence-corrected chi connectivity index (χ4v) is 3.26. The molecule has 0 aliphatic carbocycles. The smallest absolute Gasteiger partial charge is 0.416 e. The van der Waals surface area contributed by atoms with Crippen molar-refractivity contribution < 1.29 is 27.1 Å². The van der Waals surface area contributed by atoms with Crippen LogP contribution in [0.25, 0.3) is 0 Å². The van der Waals surface area contributed by atoms with E-state index < -0.39 is 29.4 Å². The Balaban J connectivity index is 2.73. The summed E-state index contributed by atoms with van der Waals surface area (Å²) in [4.78, 5) is 13.0. The van der Waals surface area contributed by atoms with Crippen LogP contribution in [0, 0.1) is 22.6 Å². The van der Waals surface area contributed by atoms with E-state index in [0.717, 1.165) is 12.1 Å². The first kappa shape index (κ1) is 23.5. The van der Waals surface area contributed by atoms with Gasteiger partial charge in [-0.3, -0.25) is 0 Å². The van der Waals surface area contributed by atoms with E-state index in [2.05, 4.69) is 5.32 Å². The van der Waals surface area contributed by atoms with Gasteiger partial charge in [0.05, 0.1) is 35.3 Å². The minimum Gasteiger partial charge on any atom is -0.462 e. The lowest BCUT2D eigenvalue weighted by atomic mass is 9.78. The Bertz CT molecular complexity index is 947. The lowest BCUT2D eigenvalue weighted by Crippen LogP contribution is -2.32. The van der Waals surface area contributed by atoms with Crippen LogP contribution >= 0.6 is 0 Å². The number of nitriles is 1. The molecule has 1 unspecified atom stereocenters. The summed E-state index contributed by atoms with van der Waals surface area (Å²) in [6, 6.07) is 4.16. The molecule has 1 aromatic rings. The van der Waals surface area contributed by atoms with Crippen LogP contribution < -0.4 is 5.32 Å². The van der Waals surface area contributed by atoms with Gasteiger partial charge in [-0.2, -0.15) is 18.4 Å². The van der Waals surface area contributed by atoms with Gasteiger partial charge in [0.1, 0.15) is 5.82 Å². The molecule has 0 spiro atoms. The Kier molecular flexibility index (Phi) is 6.65. The van der Waals surface area contributed by atoms with E-state index in [1.165, 1.54) is 0 Å². The van der Waals surface area contributed by atoms with Gasteiger partial charge >= 0.3 is 12.1 Å². The Morgan fingerprint density at radius 1 is 1.27 bits per heavy atom. The van der Waals surface area contributed by atoms with Crippen LogP contribution in [-0.2, 0) is 15.7 Å². The van der Waals surface area contributed by atoms with Crippen molar-refractivity contribution in [2.45, 2.75) is 53.1 Å². The Hall–Kier alpha value is -2.82. The second-order valence-electron chi connectivity index (χ2n) is 8.32. The van der Waals surface area contributed by atoms with Crippen LogP contribution in [0.1, 0.15) is 58.1 Å². The maximum absolute atomic E-state index is 13.7. The number of dihydropyridines is 1. The monoisotopic (exact) mass is 424 g/mol. The number of benzene rings is 1. The molecule has 1 aliphatic heterocycles. The van der Waals surface area contributed by atoms with Crippen molar-refractivity contribution in [3.63, 3.8) is 0 Å². The highest BCUT2D eigenvalue weighted by Crippen LogP contribution is 2.44. The first-order valence-corrected chi connectivity index (χ1v) is 9.44. The third-order valence-electron chi connectivity index (χ3n) is 4.61. The van der Waals surface area contributed by atoms with Crippen molar-refractivity contribution in [3.05, 3.63) is 57.7 Å². The number of nitrogens with zero attached hydrogens (tertiary/aromatic N) is 1. The summed E-state index contributed by atoms with van der Waals surface area (Å²) in [6.07, 6.45) is -4.57. The number of esters is 1. The summed E-state index contributed by atoms with van der Waals surface area (Å²) in [5, 5.41) is 12.6. The number of allylic oxidation sites excluding steroid dienone is 3. The van der Waals surface area contributed by atoms with Crippen LogP contribution in [0.4, 0.5) is 17.6 Å². The Morgan fingerprint density at radius 2 is 1.90 bits per heavy atom. The number of carbonyl (C=O) groups excluding carboxylic acids is 1. The van der Waals surface area contributed by atoms with Gasteiger partial charge in [0.2, 0.25) is 0 Å². The van der Waals surface area contributed by atoms with E-state index in [1.54, 1.807) is 13.8 Å². The highest BCUT2D eigenvalue weighted by atomic mass is 19.4. The minimum atomic E-state index is -4.87. The van der Waals surface area contributed by atoms with Gasteiger partial charge in [0.15, 0.2) is 0 Å². The molecular formula is C22H24F4N2O2. The molecule has 1 atom stereocenters. The van der Waals surface area contributed by atoms with E-state index in [0.29, 0.717) is 23.9 Å². The topological polar surface area (TPSA) is 62.1 Å². The van der Waals surface area contributed by atoms with Gasteiger partial charge in [-0.05, 0) is 36.5 Å². The van der Waals surface area contributed by atoms with Crippen molar-refractivity contribution in [2.75, 3.05) is 6.61 Å². The van der Waals surface area contributed by atoms with Gasteiger partial charge in [0, 0.05) is 11.4 Å². The molecule has 0 aromatic heterocycles. The zero-order chi connectivity index (χ0) is 22.9. The number of carbonyl (C=O) groups is 1. The molecule has 30 heavy (non-hydrogen) atoms. The first-order chi connectivity index (χ1) is 13.8. The molecule has 0 saturated carbocycles. The zero-order valence-electron chi connectivity index (χ0n) is 17.5. The number of halogens is 4. The van der Waals surface area contributed by atoms with Gasteiger partial charge < -0.3 is 10.1 Å². The molecule has 0 fully saturated rings. The van der Waals surface area contributed by atoms with Crippen molar-refractivity contribution in [1.29, 1.82) is 5.26 Å².